The Balaban J connectivity index is 2.69. The fraction of sp³-hybridized carbons (Fsp3) is 0.609. The lowest BCUT2D eigenvalue weighted by atomic mass is 10.1. The van der Waals surface area contributed by atoms with Crippen LogP contribution < -0.4 is 26.5 Å². The summed E-state index contributed by atoms with van der Waals surface area (Å²) >= 11 is 0. The van der Waals surface area contributed by atoms with Gasteiger partial charge >= 0.3 is 6.09 Å². The second-order valence-corrected chi connectivity index (χ2v) is 9.27. The molecule has 0 aliphatic carbocycles. The summed E-state index contributed by atoms with van der Waals surface area (Å²) in [7, 11) is 0. The smallest absolute Gasteiger partial charge is 0.408 e. The van der Waals surface area contributed by atoms with E-state index in [1.54, 1.807) is 26.2 Å². The molecule has 1 unspecified atom stereocenters. The minimum Gasteiger partial charge on any atom is -0.491 e. The van der Waals surface area contributed by atoms with E-state index in [2.05, 4.69) is 15.6 Å². The first kappa shape index (κ1) is 29.5. The van der Waals surface area contributed by atoms with Crippen molar-refractivity contribution in [3.8, 4) is 5.75 Å². The molecule has 2 amide bonds. The summed E-state index contributed by atoms with van der Waals surface area (Å²) in [5, 5.41) is 15.0. The Hall–Kier alpha value is -3.57. The van der Waals surface area contributed by atoms with Gasteiger partial charge in [-0.3, -0.25) is 4.79 Å². The van der Waals surface area contributed by atoms with Crippen molar-refractivity contribution in [3.63, 3.8) is 0 Å². The molecule has 12 heteroatoms. The number of alkyl carbamates (subject to hydrolysis) is 1. The van der Waals surface area contributed by atoms with Gasteiger partial charge in [-0.2, -0.15) is 0 Å². The summed E-state index contributed by atoms with van der Waals surface area (Å²) in [5.74, 6) is 0.115. The van der Waals surface area contributed by atoms with Crippen LogP contribution in [-0.4, -0.2) is 53.8 Å². The zero-order chi connectivity index (χ0) is 26.6. The number of nitrogens with zero attached hydrogens (tertiary/aromatic N) is 2. The standard InChI is InChI=1S/C23H38N6O6/c1-15-10-9-11-16(2)19(15)34-14-17(3)26-20(30)18(27-22(31)35-23(4,5)6)12-7-8-13-25-21(24)28-29(32)33/h9-11,17-18H,7-8,12-14H2,1-6H3,(H,26,30)(H,27,31)(H3,24,25,28)/t17?,18-/m0/s1. The minimum absolute atomic E-state index is 0.230. The first-order valence-corrected chi connectivity index (χ1v) is 11.5. The summed E-state index contributed by atoms with van der Waals surface area (Å²) in [6.45, 7) is 11.4. The number of unbranched alkanes of at least 4 members (excludes halogenated alkanes) is 1. The highest BCUT2D eigenvalue weighted by atomic mass is 16.7. The van der Waals surface area contributed by atoms with Crippen molar-refractivity contribution in [2.75, 3.05) is 13.2 Å². The first-order valence-electron chi connectivity index (χ1n) is 11.5. The van der Waals surface area contributed by atoms with Crippen LogP contribution in [0.2, 0.25) is 0 Å². The number of guanidine groups is 1. The molecule has 0 aliphatic heterocycles. The molecule has 0 saturated heterocycles. The number of hydrazine groups is 1. The van der Waals surface area contributed by atoms with E-state index in [1.165, 1.54) is 0 Å². The molecular weight excluding hydrogens is 456 g/mol. The van der Waals surface area contributed by atoms with Gasteiger partial charge in [0, 0.05) is 6.54 Å². The summed E-state index contributed by atoms with van der Waals surface area (Å²) in [5.41, 5.74) is 8.44. The molecule has 196 valence electrons. The molecular formula is C23H38N6O6. The molecule has 0 aliphatic rings. The third-order valence-corrected chi connectivity index (χ3v) is 4.67. The predicted molar refractivity (Wildman–Crippen MR) is 133 cm³/mol. The molecule has 1 aromatic rings. The number of nitrogens with one attached hydrogen (secondary N) is 3. The van der Waals surface area contributed by atoms with E-state index in [4.69, 9.17) is 15.2 Å². The number of carbonyl (C=O) groups is 2. The van der Waals surface area contributed by atoms with Crippen molar-refractivity contribution in [2.24, 2.45) is 10.7 Å². The van der Waals surface area contributed by atoms with Crippen LogP contribution in [0.15, 0.2) is 23.2 Å². The average Bonchev–Trinajstić information content (AvgIpc) is 2.70. The van der Waals surface area contributed by atoms with E-state index < -0.39 is 22.8 Å². The summed E-state index contributed by atoms with van der Waals surface area (Å²) in [6.07, 6.45) is 0.629. The minimum atomic E-state index is -0.842. The Morgan fingerprint density at radius 3 is 2.37 bits per heavy atom. The molecule has 0 bridgehead atoms. The van der Waals surface area contributed by atoms with Crippen LogP contribution in [0.25, 0.3) is 0 Å². The monoisotopic (exact) mass is 494 g/mol. The quantitative estimate of drug-likeness (QED) is 0.113. The number of nitro groups is 1. The second-order valence-electron chi connectivity index (χ2n) is 9.27. The Morgan fingerprint density at radius 2 is 1.80 bits per heavy atom. The van der Waals surface area contributed by atoms with Crippen LogP contribution in [0.4, 0.5) is 4.79 Å². The molecule has 12 nitrogen and oxygen atoms in total. The van der Waals surface area contributed by atoms with Gasteiger partial charge in [0.15, 0.2) is 5.03 Å². The largest absolute Gasteiger partial charge is 0.491 e. The van der Waals surface area contributed by atoms with Crippen molar-refractivity contribution in [1.82, 2.24) is 16.1 Å². The van der Waals surface area contributed by atoms with Gasteiger partial charge in [0.1, 0.15) is 24.0 Å². The summed E-state index contributed by atoms with van der Waals surface area (Å²) < 4.78 is 11.2. The Kier molecular flexibility index (Phi) is 11.8. The number of hydrogen-bond acceptors (Lipinski definition) is 7. The number of benzene rings is 1. The molecule has 1 rings (SSSR count). The van der Waals surface area contributed by atoms with E-state index in [0.717, 1.165) is 16.9 Å². The number of amides is 2. The zero-order valence-electron chi connectivity index (χ0n) is 21.3. The van der Waals surface area contributed by atoms with Gasteiger partial charge in [-0.25, -0.2) is 19.9 Å². The van der Waals surface area contributed by atoms with Crippen molar-refractivity contribution in [2.45, 2.75) is 78.5 Å². The maximum Gasteiger partial charge on any atom is 0.408 e. The number of aliphatic imine (C=N–C) groups is 1. The average molecular weight is 495 g/mol. The lowest BCUT2D eigenvalue weighted by Gasteiger charge is -2.24. The molecule has 0 fully saturated rings. The Morgan fingerprint density at radius 1 is 1.17 bits per heavy atom. The van der Waals surface area contributed by atoms with Crippen LogP contribution >= 0.6 is 0 Å². The van der Waals surface area contributed by atoms with Crippen molar-refractivity contribution in [1.29, 1.82) is 0 Å². The maximum absolute atomic E-state index is 12.9. The number of carbonyl (C=O) groups excluding carboxylic acids is 2. The SMILES string of the molecule is Cc1cccc(C)c1OCC(C)NC(=O)[C@H](CCCCN=C(N)N[N+](=O)[O-])NC(=O)OC(C)(C)C. The molecule has 0 aromatic heterocycles. The number of hydrogen-bond donors (Lipinski definition) is 4. The van der Waals surface area contributed by atoms with Gasteiger partial charge in [0.2, 0.25) is 5.91 Å². The van der Waals surface area contributed by atoms with Crippen LogP contribution in [0, 0.1) is 24.0 Å². The fourth-order valence-corrected chi connectivity index (χ4v) is 3.13. The highest BCUT2D eigenvalue weighted by Gasteiger charge is 2.25. The molecule has 1 aromatic carbocycles. The van der Waals surface area contributed by atoms with Gasteiger partial charge in [0.05, 0.1) is 6.04 Å². The predicted octanol–water partition coefficient (Wildman–Crippen LogP) is 2.35. The molecule has 35 heavy (non-hydrogen) atoms. The maximum atomic E-state index is 12.9. The number of ether oxygens (including phenoxy) is 2. The van der Waals surface area contributed by atoms with Gasteiger partial charge in [0.25, 0.3) is 5.96 Å². The third-order valence-electron chi connectivity index (χ3n) is 4.67. The zero-order valence-corrected chi connectivity index (χ0v) is 21.3. The Bertz CT molecular complexity index is 879. The number of rotatable bonds is 12. The molecule has 2 atom stereocenters. The van der Waals surface area contributed by atoms with Crippen molar-refractivity contribution >= 4 is 18.0 Å². The number of nitrogens with two attached hydrogens (primary N) is 1. The lowest BCUT2D eigenvalue weighted by Crippen LogP contribution is -2.51. The second kappa shape index (κ2) is 14.0. The fourth-order valence-electron chi connectivity index (χ4n) is 3.13. The third kappa shape index (κ3) is 12.5. The van der Waals surface area contributed by atoms with E-state index in [-0.39, 0.29) is 31.1 Å². The summed E-state index contributed by atoms with van der Waals surface area (Å²) in [6, 6.07) is 4.70. The van der Waals surface area contributed by atoms with Gasteiger partial charge in [-0.1, -0.05) is 23.6 Å². The molecule has 0 saturated carbocycles. The van der Waals surface area contributed by atoms with E-state index >= 15 is 0 Å². The Labute approximate surface area is 206 Å². The lowest BCUT2D eigenvalue weighted by molar-refractivity contribution is -0.525. The van der Waals surface area contributed by atoms with Crippen molar-refractivity contribution in [3.05, 3.63) is 39.4 Å². The first-order chi connectivity index (χ1) is 16.3. The van der Waals surface area contributed by atoms with Crippen LogP contribution in [0.5, 0.6) is 5.75 Å². The van der Waals surface area contributed by atoms with Gasteiger partial charge in [-0.15, -0.1) is 0 Å². The van der Waals surface area contributed by atoms with Crippen LogP contribution in [-0.2, 0) is 9.53 Å². The van der Waals surface area contributed by atoms with E-state index in [9.17, 15) is 19.7 Å². The van der Waals surface area contributed by atoms with E-state index in [0.29, 0.717) is 19.3 Å². The van der Waals surface area contributed by atoms with Crippen molar-refractivity contribution < 1.29 is 24.1 Å². The van der Waals surface area contributed by atoms with Crippen LogP contribution in [0.1, 0.15) is 58.1 Å². The van der Waals surface area contributed by atoms with Gasteiger partial charge < -0.3 is 25.8 Å². The highest BCUT2D eigenvalue weighted by Crippen LogP contribution is 2.22. The summed E-state index contributed by atoms with van der Waals surface area (Å²) in [4.78, 5) is 39.4. The van der Waals surface area contributed by atoms with E-state index in [1.807, 2.05) is 39.0 Å². The highest BCUT2D eigenvalue weighted by molar-refractivity contribution is 5.85. The number of aryl methyl sites for hydroxylation is 2. The molecule has 0 radical (unpaired) electrons. The van der Waals surface area contributed by atoms with Gasteiger partial charge in [-0.05, 0) is 71.9 Å². The topological polar surface area (TPSA) is 170 Å². The normalized spacial score (nSPS) is 13.4. The molecule has 5 N–H and O–H groups in total. The number of para-hydroxylation sites is 1. The molecule has 0 heterocycles. The van der Waals surface area contributed by atoms with Crippen LogP contribution in [0.3, 0.4) is 0 Å². The molecule has 0 spiro atoms.